The fourth-order valence-corrected chi connectivity index (χ4v) is 5.59. The van der Waals surface area contributed by atoms with Crippen molar-refractivity contribution in [2.75, 3.05) is 25.1 Å². The summed E-state index contributed by atoms with van der Waals surface area (Å²) in [5.74, 6) is -0.856. The highest BCUT2D eigenvalue weighted by atomic mass is 79.9. The standard InChI is InChI=1S/C25H22BrClN2O6S/c1-34-25(31)23-15-29(21-8-4-5-9-22(21)35-23)24(30)16-28(14-17-6-2-3-7-20(17)27)36(32,33)19-12-10-18(26)11-13-19/h2-13,23H,14-16H2,1H3/t23-/m1/s1. The van der Waals surface area contributed by atoms with E-state index in [-0.39, 0.29) is 18.0 Å². The Labute approximate surface area is 222 Å². The van der Waals surface area contributed by atoms with Crippen molar-refractivity contribution in [3.05, 3.63) is 87.9 Å². The molecule has 1 amide bonds. The maximum Gasteiger partial charge on any atom is 0.348 e. The van der Waals surface area contributed by atoms with Gasteiger partial charge < -0.3 is 14.4 Å². The summed E-state index contributed by atoms with van der Waals surface area (Å²) in [5.41, 5.74) is 0.976. The largest absolute Gasteiger partial charge is 0.475 e. The third-order valence-corrected chi connectivity index (χ3v) is 8.31. The number of esters is 1. The van der Waals surface area contributed by atoms with Gasteiger partial charge in [-0.2, -0.15) is 4.31 Å². The molecular formula is C25H22BrClN2O6S. The lowest BCUT2D eigenvalue weighted by molar-refractivity contribution is -0.148. The second-order valence-electron chi connectivity index (χ2n) is 7.92. The number of hydrogen-bond acceptors (Lipinski definition) is 6. The van der Waals surface area contributed by atoms with Crippen LogP contribution >= 0.6 is 27.5 Å². The van der Waals surface area contributed by atoms with Crippen LogP contribution in [0.1, 0.15) is 5.56 Å². The molecule has 0 saturated heterocycles. The molecule has 3 aromatic rings. The van der Waals surface area contributed by atoms with Crippen molar-refractivity contribution < 1.29 is 27.5 Å². The lowest BCUT2D eigenvalue weighted by Gasteiger charge is -2.34. The van der Waals surface area contributed by atoms with Gasteiger partial charge in [0.25, 0.3) is 0 Å². The number of methoxy groups -OCH3 is 1. The second-order valence-corrected chi connectivity index (χ2v) is 11.2. The molecule has 8 nitrogen and oxygen atoms in total. The lowest BCUT2D eigenvalue weighted by Crippen LogP contribution is -2.50. The molecule has 36 heavy (non-hydrogen) atoms. The van der Waals surface area contributed by atoms with Gasteiger partial charge in [-0.3, -0.25) is 4.79 Å². The number of benzene rings is 3. The SMILES string of the molecule is COC(=O)[C@H]1CN(C(=O)CN(Cc2ccccc2Cl)S(=O)(=O)c2ccc(Br)cc2)c2ccccc2O1. The highest BCUT2D eigenvalue weighted by Crippen LogP contribution is 2.34. The average molecular weight is 594 g/mol. The molecule has 0 radical (unpaired) electrons. The summed E-state index contributed by atoms with van der Waals surface area (Å²) < 4.78 is 39.6. The number of carbonyl (C=O) groups is 2. The zero-order chi connectivity index (χ0) is 25.9. The molecule has 0 fully saturated rings. The molecule has 188 valence electrons. The minimum atomic E-state index is -4.09. The van der Waals surface area contributed by atoms with E-state index in [9.17, 15) is 18.0 Å². The number of ether oxygens (including phenoxy) is 2. The Bertz CT molecular complexity index is 1380. The fourth-order valence-electron chi connectivity index (χ4n) is 3.76. The highest BCUT2D eigenvalue weighted by molar-refractivity contribution is 9.10. The van der Waals surface area contributed by atoms with E-state index < -0.39 is 34.5 Å². The predicted octanol–water partition coefficient (Wildman–Crippen LogP) is 4.26. The summed E-state index contributed by atoms with van der Waals surface area (Å²) in [7, 11) is -2.86. The molecule has 1 aliphatic heterocycles. The minimum absolute atomic E-state index is 0.0281. The number of carbonyl (C=O) groups excluding carboxylic acids is 2. The van der Waals surface area contributed by atoms with Crippen LogP contribution in [0.15, 0.2) is 82.2 Å². The Kier molecular flexibility index (Phi) is 7.99. The van der Waals surface area contributed by atoms with Gasteiger partial charge in [0, 0.05) is 16.0 Å². The number of amides is 1. The summed E-state index contributed by atoms with van der Waals surface area (Å²) in [6.45, 7) is -0.747. The van der Waals surface area contributed by atoms with E-state index in [1.165, 1.54) is 24.1 Å². The van der Waals surface area contributed by atoms with Crippen molar-refractivity contribution in [2.45, 2.75) is 17.5 Å². The molecule has 0 aromatic heterocycles. The van der Waals surface area contributed by atoms with Crippen LogP contribution in [0.4, 0.5) is 5.69 Å². The highest BCUT2D eigenvalue weighted by Gasteiger charge is 2.36. The van der Waals surface area contributed by atoms with Crippen molar-refractivity contribution in [3.63, 3.8) is 0 Å². The zero-order valence-electron chi connectivity index (χ0n) is 19.1. The molecule has 0 saturated carbocycles. The van der Waals surface area contributed by atoms with Crippen LogP contribution in [0.5, 0.6) is 5.75 Å². The fraction of sp³-hybridized carbons (Fsp3) is 0.200. The summed E-state index contributed by atoms with van der Waals surface area (Å²) in [4.78, 5) is 27.2. The quantitative estimate of drug-likeness (QED) is 0.380. The zero-order valence-corrected chi connectivity index (χ0v) is 22.3. The Morgan fingerprint density at radius 3 is 2.44 bits per heavy atom. The first-order valence-corrected chi connectivity index (χ1v) is 13.4. The molecule has 0 spiro atoms. The van der Waals surface area contributed by atoms with E-state index in [0.717, 1.165) is 4.31 Å². The number of fused-ring (bicyclic) bond motifs is 1. The van der Waals surface area contributed by atoms with Crippen molar-refractivity contribution >= 4 is 55.1 Å². The summed E-state index contributed by atoms with van der Waals surface area (Å²) in [5, 5.41) is 0.378. The first kappa shape index (κ1) is 26.2. The second kappa shape index (κ2) is 11.0. The molecule has 0 aliphatic carbocycles. The van der Waals surface area contributed by atoms with Crippen LogP contribution in [0.2, 0.25) is 5.02 Å². The number of nitrogens with zero attached hydrogens (tertiary/aromatic N) is 2. The van der Waals surface area contributed by atoms with Crippen LogP contribution in [0.3, 0.4) is 0 Å². The molecule has 3 aromatic carbocycles. The molecule has 0 N–H and O–H groups in total. The number of anilines is 1. The van der Waals surface area contributed by atoms with Crippen LogP contribution in [0, 0.1) is 0 Å². The Hall–Kier alpha value is -2.92. The van der Waals surface area contributed by atoms with E-state index in [2.05, 4.69) is 15.9 Å². The van der Waals surface area contributed by atoms with Gasteiger partial charge in [0.2, 0.25) is 22.0 Å². The Morgan fingerprint density at radius 2 is 1.75 bits per heavy atom. The van der Waals surface area contributed by atoms with Gasteiger partial charge in [-0.1, -0.05) is 57.9 Å². The van der Waals surface area contributed by atoms with Crippen molar-refractivity contribution in [1.29, 1.82) is 0 Å². The normalized spacial score (nSPS) is 15.2. The molecule has 0 unspecified atom stereocenters. The minimum Gasteiger partial charge on any atom is -0.475 e. The van der Waals surface area contributed by atoms with Gasteiger partial charge in [-0.15, -0.1) is 0 Å². The lowest BCUT2D eigenvalue weighted by atomic mass is 10.2. The third-order valence-electron chi connectivity index (χ3n) is 5.61. The Morgan fingerprint density at radius 1 is 1.08 bits per heavy atom. The number of para-hydroxylation sites is 2. The van der Waals surface area contributed by atoms with Gasteiger partial charge in [0.05, 0.1) is 30.8 Å². The van der Waals surface area contributed by atoms with Crippen molar-refractivity contribution in [3.8, 4) is 5.75 Å². The number of hydrogen-bond donors (Lipinski definition) is 0. The van der Waals surface area contributed by atoms with Crippen LogP contribution in [-0.2, 0) is 30.9 Å². The maximum absolute atomic E-state index is 13.6. The topological polar surface area (TPSA) is 93.2 Å². The van der Waals surface area contributed by atoms with E-state index in [0.29, 0.717) is 26.5 Å². The number of halogens is 2. The molecule has 1 heterocycles. The van der Waals surface area contributed by atoms with Gasteiger partial charge in [-0.05, 0) is 48.0 Å². The molecule has 11 heteroatoms. The molecule has 1 aliphatic rings. The average Bonchev–Trinajstić information content (AvgIpc) is 2.88. The monoisotopic (exact) mass is 592 g/mol. The summed E-state index contributed by atoms with van der Waals surface area (Å²) >= 11 is 9.62. The van der Waals surface area contributed by atoms with E-state index in [4.69, 9.17) is 21.1 Å². The molecule has 1 atom stereocenters. The smallest absolute Gasteiger partial charge is 0.348 e. The van der Waals surface area contributed by atoms with Crippen LogP contribution in [-0.4, -0.2) is 50.9 Å². The maximum atomic E-state index is 13.6. The molecular weight excluding hydrogens is 572 g/mol. The van der Waals surface area contributed by atoms with E-state index in [1.54, 1.807) is 60.7 Å². The van der Waals surface area contributed by atoms with Crippen molar-refractivity contribution in [2.24, 2.45) is 0 Å². The molecule has 0 bridgehead atoms. The predicted molar refractivity (Wildman–Crippen MR) is 138 cm³/mol. The Balaban J connectivity index is 1.70. The van der Waals surface area contributed by atoms with Gasteiger partial charge >= 0.3 is 5.97 Å². The van der Waals surface area contributed by atoms with Crippen LogP contribution < -0.4 is 9.64 Å². The van der Waals surface area contributed by atoms with E-state index in [1.807, 2.05) is 0 Å². The van der Waals surface area contributed by atoms with Gasteiger partial charge in [-0.25, -0.2) is 13.2 Å². The number of sulfonamides is 1. The van der Waals surface area contributed by atoms with Crippen LogP contribution in [0.25, 0.3) is 0 Å². The van der Waals surface area contributed by atoms with E-state index >= 15 is 0 Å². The first-order chi connectivity index (χ1) is 17.2. The van der Waals surface area contributed by atoms with Crippen molar-refractivity contribution in [1.82, 2.24) is 4.31 Å². The summed E-state index contributed by atoms with van der Waals surface area (Å²) in [6, 6.07) is 19.7. The number of rotatable bonds is 7. The molecule has 4 rings (SSSR count). The first-order valence-electron chi connectivity index (χ1n) is 10.8. The van der Waals surface area contributed by atoms with Gasteiger partial charge in [0.1, 0.15) is 5.75 Å². The third kappa shape index (κ3) is 5.57. The summed E-state index contributed by atoms with van der Waals surface area (Å²) in [6.07, 6.45) is -1.05. The van der Waals surface area contributed by atoms with Gasteiger partial charge in [0.15, 0.2) is 0 Å².